The molecule has 0 radical (unpaired) electrons. The van der Waals surface area contributed by atoms with Crippen molar-refractivity contribution in [2.75, 3.05) is 6.61 Å². The number of rotatable bonds is 10. The van der Waals surface area contributed by atoms with E-state index in [0.717, 1.165) is 24.7 Å². The molecule has 0 aromatic rings. The summed E-state index contributed by atoms with van der Waals surface area (Å²) in [6, 6.07) is 0. The standard InChI is InChI=1S/C24H38O6/c1-17(2)9-11-22(29-19(4)26)18(3)8-7-14-24(6)23(30-20(5)27)12-10-21(13-15-25)16-28-24/h9,13,15,18,22-23H,7-8,10-12,14,16H2,1-6H3/b21-13+/t18?,22?,23-,24?/m1/s1. The summed E-state index contributed by atoms with van der Waals surface area (Å²) in [5.74, 6) is -0.406. The van der Waals surface area contributed by atoms with E-state index in [0.29, 0.717) is 32.3 Å². The average molecular weight is 423 g/mol. The molecule has 6 heteroatoms. The minimum absolute atomic E-state index is 0.161. The summed E-state index contributed by atoms with van der Waals surface area (Å²) >= 11 is 0. The quantitative estimate of drug-likeness (QED) is 0.220. The molecule has 0 saturated carbocycles. The molecule has 0 N–H and O–H groups in total. The average Bonchev–Trinajstić information content (AvgIpc) is 2.78. The molecule has 4 atom stereocenters. The van der Waals surface area contributed by atoms with E-state index in [-0.39, 0.29) is 30.1 Å². The molecule has 0 aliphatic carbocycles. The number of ether oxygens (including phenoxy) is 3. The van der Waals surface area contributed by atoms with E-state index in [4.69, 9.17) is 14.2 Å². The highest BCUT2D eigenvalue weighted by Crippen LogP contribution is 2.34. The summed E-state index contributed by atoms with van der Waals surface area (Å²) in [5, 5.41) is 0. The highest BCUT2D eigenvalue weighted by molar-refractivity contribution is 5.67. The Kier molecular flexibility index (Phi) is 11.0. The van der Waals surface area contributed by atoms with E-state index < -0.39 is 5.60 Å². The Bertz CT molecular complexity index is 646. The summed E-state index contributed by atoms with van der Waals surface area (Å²) in [6.45, 7) is 11.3. The first-order chi connectivity index (χ1) is 14.1. The number of aldehydes is 1. The van der Waals surface area contributed by atoms with Crippen LogP contribution in [0.2, 0.25) is 0 Å². The molecule has 30 heavy (non-hydrogen) atoms. The Labute approximate surface area is 181 Å². The van der Waals surface area contributed by atoms with Gasteiger partial charge in [0.1, 0.15) is 24.1 Å². The second-order valence-corrected chi connectivity index (χ2v) is 8.73. The topological polar surface area (TPSA) is 78.9 Å². The van der Waals surface area contributed by atoms with Crippen LogP contribution in [0.1, 0.15) is 80.1 Å². The van der Waals surface area contributed by atoms with E-state index in [1.807, 2.05) is 20.8 Å². The van der Waals surface area contributed by atoms with Gasteiger partial charge in [0, 0.05) is 20.3 Å². The predicted octanol–water partition coefficient (Wildman–Crippen LogP) is 4.71. The Balaban J connectivity index is 2.79. The summed E-state index contributed by atoms with van der Waals surface area (Å²) in [4.78, 5) is 34.0. The molecule has 170 valence electrons. The Hall–Kier alpha value is -1.95. The third-order valence-corrected chi connectivity index (χ3v) is 5.65. The first kappa shape index (κ1) is 26.1. The van der Waals surface area contributed by atoms with E-state index in [2.05, 4.69) is 13.0 Å². The molecular weight excluding hydrogens is 384 g/mol. The maximum absolute atomic E-state index is 11.6. The fourth-order valence-electron chi connectivity index (χ4n) is 3.81. The summed E-state index contributed by atoms with van der Waals surface area (Å²) in [5.41, 5.74) is 1.48. The lowest BCUT2D eigenvalue weighted by Crippen LogP contribution is -2.43. The Morgan fingerprint density at radius 2 is 1.93 bits per heavy atom. The number of carbonyl (C=O) groups is 3. The summed E-state index contributed by atoms with van der Waals surface area (Å²) in [7, 11) is 0. The van der Waals surface area contributed by atoms with Gasteiger partial charge in [0.05, 0.1) is 6.61 Å². The Morgan fingerprint density at radius 1 is 1.23 bits per heavy atom. The normalized spacial score (nSPS) is 25.0. The third kappa shape index (κ3) is 9.24. The van der Waals surface area contributed by atoms with Crippen molar-refractivity contribution in [1.82, 2.24) is 0 Å². The third-order valence-electron chi connectivity index (χ3n) is 5.65. The van der Waals surface area contributed by atoms with Gasteiger partial charge in [-0.3, -0.25) is 14.4 Å². The van der Waals surface area contributed by atoms with Crippen molar-refractivity contribution >= 4 is 18.2 Å². The summed E-state index contributed by atoms with van der Waals surface area (Å²) < 4.78 is 17.3. The van der Waals surface area contributed by atoms with Crippen LogP contribution < -0.4 is 0 Å². The van der Waals surface area contributed by atoms with Gasteiger partial charge in [-0.05, 0) is 64.0 Å². The smallest absolute Gasteiger partial charge is 0.303 e. The maximum Gasteiger partial charge on any atom is 0.303 e. The predicted molar refractivity (Wildman–Crippen MR) is 116 cm³/mol. The zero-order valence-corrected chi connectivity index (χ0v) is 19.4. The van der Waals surface area contributed by atoms with Crippen molar-refractivity contribution in [3.63, 3.8) is 0 Å². The van der Waals surface area contributed by atoms with Crippen molar-refractivity contribution in [1.29, 1.82) is 0 Å². The molecule has 1 aliphatic rings. The molecule has 1 saturated heterocycles. The van der Waals surface area contributed by atoms with Gasteiger partial charge in [-0.15, -0.1) is 0 Å². The fraction of sp³-hybridized carbons (Fsp3) is 0.708. The first-order valence-corrected chi connectivity index (χ1v) is 10.8. The highest BCUT2D eigenvalue weighted by Gasteiger charge is 2.39. The monoisotopic (exact) mass is 422 g/mol. The van der Waals surface area contributed by atoms with Crippen molar-refractivity contribution in [2.24, 2.45) is 5.92 Å². The molecule has 1 rings (SSSR count). The van der Waals surface area contributed by atoms with Crippen LogP contribution in [0.4, 0.5) is 0 Å². The van der Waals surface area contributed by atoms with Crippen LogP contribution in [0.25, 0.3) is 0 Å². The van der Waals surface area contributed by atoms with Gasteiger partial charge in [-0.1, -0.05) is 25.0 Å². The number of esters is 2. The van der Waals surface area contributed by atoms with Crippen molar-refractivity contribution in [3.05, 3.63) is 23.3 Å². The zero-order valence-electron chi connectivity index (χ0n) is 19.4. The molecule has 6 nitrogen and oxygen atoms in total. The van der Waals surface area contributed by atoms with E-state index in [1.165, 1.54) is 25.5 Å². The van der Waals surface area contributed by atoms with Crippen molar-refractivity contribution in [3.8, 4) is 0 Å². The molecule has 0 spiro atoms. The Morgan fingerprint density at radius 3 is 2.50 bits per heavy atom. The SMILES string of the molecule is CC(=O)OC(CC=C(C)C)C(C)CCCC1(C)OC/C(=C/C=O)CC[C@H]1OC(C)=O. The van der Waals surface area contributed by atoms with Gasteiger partial charge in [-0.25, -0.2) is 0 Å². The number of allylic oxidation sites excluding steroid dienone is 2. The van der Waals surface area contributed by atoms with E-state index >= 15 is 0 Å². The lowest BCUT2D eigenvalue weighted by atomic mass is 9.86. The van der Waals surface area contributed by atoms with Gasteiger partial charge in [0.2, 0.25) is 0 Å². The van der Waals surface area contributed by atoms with Crippen LogP contribution in [-0.2, 0) is 28.6 Å². The highest BCUT2D eigenvalue weighted by atomic mass is 16.6. The van der Waals surface area contributed by atoms with E-state index in [9.17, 15) is 14.4 Å². The molecule has 0 aromatic carbocycles. The fourth-order valence-corrected chi connectivity index (χ4v) is 3.81. The molecule has 1 fully saturated rings. The molecule has 3 unspecified atom stereocenters. The van der Waals surface area contributed by atoms with Gasteiger partial charge < -0.3 is 14.2 Å². The lowest BCUT2D eigenvalue weighted by molar-refractivity contribution is -0.167. The van der Waals surface area contributed by atoms with E-state index in [1.54, 1.807) is 0 Å². The molecule has 0 bridgehead atoms. The number of hydrogen-bond donors (Lipinski definition) is 0. The van der Waals surface area contributed by atoms with Crippen LogP contribution in [0, 0.1) is 5.92 Å². The van der Waals surface area contributed by atoms with Crippen LogP contribution in [0.15, 0.2) is 23.3 Å². The van der Waals surface area contributed by atoms with Crippen LogP contribution in [0.5, 0.6) is 0 Å². The van der Waals surface area contributed by atoms with Gasteiger partial charge in [-0.2, -0.15) is 0 Å². The van der Waals surface area contributed by atoms with Gasteiger partial charge >= 0.3 is 11.9 Å². The largest absolute Gasteiger partial charge is 0.462 e. The molecule has 1 heterocycles. The zero-order chi connectivity index (χ0) is 22.7. The maximum atomic E-state index is 11.6. The number of hydrogen-bond acceptors (Lipinski definition) is 6. The molecule has 0 amide bonds. The molecular formula is C24H38O6. The van der Waals surface area contributed by atoms with Gasteiger partial charge in [0.25, 0.3) is 0 Å². The molecule has 1 aliphatic heterocycles. The van der Waals surface area contributed by atoms with Crippen molar-refractivity contribution in [2.45, 2.75) is 97.9 Å². The van der Waals surface area contributed by atoms with Crippen LogP contribution in [-0.4, -0.2) is 42.6 Å². The van der Waals surface area contributed by atoms with Crippen molar-refractivity contribution < 1.29 is 28.6 Å². The van der Waals surface area contributed by atoms with Gasteiger partial charge in [0.15, 0.2) is 0 Å². The second kappa shape index (κ2) is 12.7. The molecule has 0 aromatic heterocycles. The minimum Gasteiger partial charge on any atom is -0.462 e. The first-order valence-electron chi connectivity index (χ1n) is 10.8. The van der Waals surface area contributed by atoms with Crippen LogP contribution in [0.3, 0.4) is 0 Å². The second-order valence-electron chi connectivity index (χ2n) is 8.73. The lowest BCUT2D eigenvalue weighted by Gasteiger charge is -2.35. The minimum atomic E-state index is -0.624. The summed E-state index contributed by atoms with van der Waals surface area (Å²) in [6.07, 6.45) is 8.28. The number of carbonyl (C=O) groups excluding carboxylic acids is 3. The van der Waals surface area contributed by atoms with Crippen LogP contribution >= 0.6 is 0 Å².